The largest absolute Gasteiger partial charge is 0.506 e. The smallest absolute Gasteiger partial charge is 0.164 e. The fourth-order valence-corrected chi connectivity index (χ4v) is 2.25. The highest BCUT2D eigenvalue weighted by Gasteiger charge is 2.20. The van der Waals surface area contributed by atoms with Gasteiger partial charge in [-0.15, -0.1) is 0 Å². The van der Waals surface area contributed by atoms with Gasteiger partial charge in [-0.25, -0.2) is 0 Å². The van der Waals surface area contributed by atoms with Gasteiger partial charge in [0.2, 0.25) is 0 Å². The molecule has 0 spiro atoms. The maximum Gasteiger partial charge on any atom is 0.164 e. The second kappa shape index (κ2) is 5.91. The molecule has 2 rings (SSSR count). The first-order valence-electron chi connectivity index (χ1n) is 7.54. The fourth-order valence-electron chi connectivity index (χ4n) is 2.25. The summed E-state index contributed by atoms with van der Waals surface area (Å²) in [6.45, 7) is 9.73. The zero-order valence-electron chi connectivity index (χ0n) is 13.8. The van der Waals surface area contributed by atoms with E-state index in [2.05, 4.69) is 24.9 Å². The van der Waals surface area contributed by atoms with E-state index in [4.69, 9.17) is 0 Å². The van der Waals surface area contributed by atoms with Crippen LogP contribution in [0.1, 0.15) is 51.8 Å². The van der Waals surface area contributed by atoms with Crippen LogP contribution in [0.5, 0.6) is 0 Å². The molecule has 0 fully saturated rings. The second-order valence-electron chi connectivity index (χ2n) is 6.94. The number of nitrogens with zero attached hydrogens (tertiary/aromatic N) is 1. The molecule has 0 radical (unpaired) electrons. The van der Waals surface area contributed by atoms with E-state index in [0.29, 0.717) is 11.6 Å². The van der Waals surface area contributed by atoms with Crippen molar-refractivity contribution < 1.29 is 9.90 Å². The van der Waals surface area contributed by atoms with Gasteiger partial charge in [0.05, 0.1) is 0 Å². The molecule has 1 aromatic carbocycles. The molecular formula is C19H23NO2. The maximum absolute atomic E-state index is 12.0. The van der Waals surface area contributed by atoms with Crippen molar-refractivity contribution in [3.8, 4) is 0 Å². The first-order chi connectivity index (χ1) is 10.2. The minimum absolute atomic E-state index is 0.0830. The Morgan fingerprint density at radius 3 is 2.55 bits per heavy atom. The third-order valence-corrected chi connectivity index (χ3v) is 3.69. The van der Waals surface area contributed by atoms with E-state index in [1.165, 1.54) is 11.6 Å². The number of pyridine rings is 1. The van der Waals surface area contributed by atoms with Crippen LogP contribution in [0.2, 0.25) is 0 Å². The van der Waals surface area contributed by atoms with Gasteiger partial charge in [0, 0.05) is 23.1 Å². The molecule has 1 heterocycles. The quantitative estimate of drug-likeness (QED) is 0.649. The normalized spacial score (nSPS) is 12.9. The van der Waals surface area contributed by atoms with Gasteiger partial charge in [0.1, 0.15) is 11.5 Å². The molecule has 0 aliphatic heterocycles. The summed E-state index contributed by atoms with van der Waals surface area (Å²) in [6, 6.07) is 7.95. The van der Waals surface area contributed by atoms with Gasteiger partial charge in [0.15, 0.2) is 5.78 Å². The van der Waals surface area contributed by atoms with Crippen molar-refractivity contribution in [3.05, 3.63) is 47.8 Å². The monoisotopic (exact) mass is 297 g/mol. The molecular weight excluding hydrogens is 274 g/mol. The lowest BCUT2D eigenvalue weighted by atomic mass is 9.90. The van der Waals surface area contributed by atoms with Gasteiger partial charge >= 0.3 is 0 Å². The van der Waals surface area contributed by atoms with Crippen LogP contribution in [0.15, 0.2) is 36.5 Å². The summed E-state index contributed by atoms with van der Waals surface area (Å²) in [5.74, 6) is 0.172. The SMILES string of the molecule is CC(C)c1cccc2cnc(C(O)=CC(=O)C(C)(C)C)cc12. The highest BCUT2D eigenvalue weighted by molar-refractivity contribution is 5.99. The number of aliphatic hydroxyl groups excluding tert-OH is 1. The van der Waals surface area contributed by atoms with Gasteiger partial charge < -0.3 is 5.11 Å². The summed E-state index contributed by atoms with van der Waals surface area (Å²) in [4.78, 5) is 16.3. The Bertz CT molecular complexity index is 737. The average Bonchev–Trinajstić information content (AvgIpc) is 2.44. The molecule has 0 aliphatic carbocycles. The number of ketones is 1. The third-order valence-electron chi connectivity index (χ3n) is 3.69. The number of hydrogen-bond donors (Lipinski definition) is 1. The molecule has 1 aromatic heterocycles. The molecule has 3 nitrogen and oxygen atoms in total. The molecule has 1 N–H and O–H groups in total. The molecule has 116 valence electrons. The van der Waals surface area contributed by atoms with Crippen molar-refractivity contribution in [2.24, 2.45) is 5.41 Å². The summed E-state index contributed by atoms with van der Waals surface area (Å²) in [5.41, 5.74) is 1.11. The van der Waals surface area contributed by atoms with Gasteiger partial charge in [0.25, 0.3) is 0 Å². The van der Waals surface area contributed by atoms with E-state index in [1.54, 1.807) is 6.20 Å². The topological polar surface area (TPSA) is 50.2 Å². The van der Waals surface area contributed by atoms with E-state index >= 15 is 0 Å². The van der Waals surface area contributed by atoms with E-state index < -0.39 is 5.41 Å². The molecule has 0 aliphatic rings. The Morgan fingerprint density at radius 1 is 1.27 bits per heavy atom. The van der Waals surface area contributed by atoms with Crippen LogP contribution in [-0.4, -0.2) is 15.9 Å². The molecule has 0 unspecified atom stereocenters. The predicted molar refractivity (Wildman–Crippen MR) is 90.9 cm³/mol. The van der Waals surface area contributed by atoms with Crippen LogP contribution in [0.3, 0.4) is 0 Å². The molecule has 3 heteroatoms. The predicted octanol–water partition coefficient (Wildman–Crippen LogP) is 4.87. The molecule has 0 bridgehead atoms. The van der Waals surface area contributed by atoms with Gasteiger partial charge in [-0.1, -0.05) is 52.8 Å². The van der Waals surface area contributed by atoms with E-state index in [9.17, 15) is 9.90 Å². The van der Waals surface area contributed by atoms with E-state index in [0.717, 1.165) is 10.8 Å². The summed E-state index contributed by atoms with van der Waals surface area (Å²) in [7, 11) is 0. The maximum atomic E-state index is 12.0. The highest BCUT2D eigenvalue weighted by atomic mass is 16.3. The van der Waals surface area contributed by atoms with Crippen LogP contribution in [0.25, 0.3) is 16.5 Å². The first-order valence-corrected chi connectivity index (χ1v) is 7.54. The van der Waals surface area contributed by atoms with Crippen LogP contribution in [0, 0.1) is 5.41 Å². The van der Waals surface area contributed by atoms with Crippen LogP contribution in [0.4, 0.5) is 0 Å². The zero-order valence-corrected chi connectivity index (χ0v) is 13.8. The van der Waals surface area contributed by atoms with Crippen molar-refractivity contribution >= 4 is 22.3 Å². The van der Waals surface area contributed by atoms with E-state index in [1.807, 2.05) is 39.0 Å². The Labute approximate surface area is 131 Å². The first kappa shape index (κ1) is 16.2. The number of fused-ring (bicyclic) bond motifs is 1. The van der Waals surface area contributed by atoms with E-state index in [-0.39, 0.29) is 11.5 Å². The lowest BCUT2D eigenvalue weighted by molar-refractivity contribution is -0.121. The molecule has 0 amide bonds. The number of carbonyl (C=O) groups is 1. The van der Waals surface area contributed by atoms with Crippen molar-refractivity contribution in [1.82, 2.24) is 4.98 Å². The lowest BCUT2D eigenvalue weighted by Gasteiger charge is -2.14. The Hall–Kier alpha value is -2.16. The number of hydrogen-bond acceptors (Lipinski definition) is 3. The Morgan fingerprint density at radius 2 is 1.95 bits per heavy atom. The Kier molecular flexibility index (Phi) is 4.36. The minimum atomic E-state index is -0.520. The fraction of sp³-hybridized carbons (Fsp3) is 0.368. The second-order valence-corrected chi connectivity index (χ2v) is 6.94. The summed E-state index contributed by atoms with van der Waals surface area (Å²) in [6.07, 6.45) is 3.01. The number of aromatic nitrogens is 1. The third kappa shape index (κ3) is 3.35. The van der Waals surface area contributed by atoms with Crippen molar-refractivity contribution in [3.63, 3.8) is 0 Å². The summed E-state index contributed by atoms with van der Waals surface area (Å²) < 4.78 is 0. The number of benzene rings is 1. The standard InChI is InChI=1S/C19H23NO2/c1-12(2)14-8-6-7-13-11-20-16(9-15(13)14)17(21)10-18(22)19(3,4)5/h6-12,21H,1-5H3. The zero-order chi connectivity index (χ0) is 16.5. The minimum Gasteiger partial charge on any atom is -0.506 e. The molecule has 2 aromatic rings. The number of allylic oxidation sites excluding steroid dienone is 1. The Balaban J connectivity index is 2.51. The highest BCUT2D eigenvalue weighted by Crippen LogP contribution is 2.27. The summed E-state index contributed by atoms with van der Waals surface area (Å²) in [5, 5.41) is 12.3. The number of aliphatic hydroxyl groups is 1. The lowest BCUT2D eigenvalue weighted by Crippen LogP contribution is -2.17. The van der Waals surface area contributed by atoms with Gasteiger partial charge in [-0.3, -0.25) is 9.78 Å². The summed E-state index contributed by atoms with van der Waals surface area (Å²) >= 11 is 0. The van der Waals surface area contributed by atoms with Crippen LogP contribution in [-0.2, 0) is 4.79 Å². The molecule has 0 saturated carbocycles. The molecule has 22 heavy (non-hydrogen) atoms. The van der Waals surface area contributed by atoms with Crippen LogP contribution >= 0.6 is 0 Å². The average molecular weight is 297 g/mol. The number of rotatable bonds is 3. The molecule has 0 saturated heterocycles. The van der Waals surface area contributed by atoms with Crippen LogP contribution < -0.4 is 0 Å². The molecule has 0 atom stereocenters. The van der Waals surface area contributed by atoms with Crippen molar-refractivity contribution in [1.29, 1.82) is 0 Å². The van der Waals surface area contributed by atoms with Crippen molar-refractivity contribution in [2.45, 2.75) is 40.5 Å². The van der Waals surface area contributed by atoms with Gasteiger partial charge in [-0.2, -0.15) is 0 Å². The number of carbonyl (C=O) groups excluding carboxylic acids is 1. The van der Waals surface area contributed by atoms with Gasteiger partial charge in [-0.05, 0) is 22.9 Å². The van der Waals surface area contributed by atoms with Crippen molar-refractivity contribution in [2.75, 3.05) is 0 Å².